The number of fused-ring (bicyclic) bond motifs is 1. The van der Waals surface area contributed by atoms with Gasteiger partial charge in [0.1, 0.15) is 0 Å². The number of nitrogens with zero attached hydrogens (tertiary/aromatic N) is 3. The van der Waals surface area contributed by atoms with Crippen LogP contribution < -0.4 is 16.6 Å². The Morgan fingerprint density at radius 3 is 2.91 bits per heavy atom. The van der Waals surface area contributed by atoms with Gasteiger partial charge in [0.05, 0.1) is 11.7 Å². The van der Waals surface area contributed by atoms with Crippen LogP contribution in [-0.4, -0.2) is 25.1 Å². The number of aromatic amines is 1. The Bertz CT molecular complexity index is 953. The van der Waals surface area contributed by atoms with E-state index in [9.17, 15) is 14.4 Å². The van der Waals surface area contributed by atoms with Crippen LogP contribution in [0.25, 0.3) is 5.52 Å². The van der Waals surface area contributed by atoms with Gasteiger partial charge in [-0.25, -0.2) is 9.31 Å². The predicted octanol–water partition coefficient (Wildman–Crippen LogP) is -0.109. The van der Waals surface area contributed by atoms with Crippen molar-refractivity contribution in [2.45, 2.75) is 19.5 Å². The molecule has 0 aliphatic rings. The molecule has 3 aromatic heterocycles. The van der Waals surface area contributed by atoms with Crippen molar-refractivity contribution in [2.24, 2.45) is 0 Å². The summed E-state index contributed by atoms with van der Waals surface area (Å²) >= 11 is 0. The molecule has 23 heavy (non-hydrogen) atoms. The first-order valence-corrected chi connectivity index (χ1v) is 7.11. The largest absolute Gasteiger partial charge is 0.352 e. The van der Waals surface area contributed by atoms with Crippen LogP contribution in [0.1, 0.15) is 12.0 Å². The van der Waals surface area contributed by atoms with Crippen LogP contribution in [0.5, 0.6) is 0 Å². The van der Waals surface area contributed by atoms with Crippen LogP contribution in [0.4, 0.5) is 0 Å². The molecule has 2 N–H and O–H groups in total. The number of nitrogens with one attached hydrogen (secondary N) is 2. The van der Waals surface area contributed by atoms with Gasteiger partial charge in [0.2, 0.25) is 5.91 Å². The lowest BCUT2D eigenvalue weighted by atomic mass is 10.2. The van der Waals surface area contributed by atoms with E-state index in [0.717, 1.165) is 11.1 Å². The highest BCUT2D eigenvalue weighted by Crippen LogP contribution is 2.09. The second-order valence-corrected chi connectivity index (χ2v) is 5.03. The summed E-state index contributed by atoms with van der Waals surface area (Å²) in [5, 5.41) is 6.99. The SMILES string of the molecule is O=C(CCn1ccc(=O)[nH]c1=O)NCc1cnn2ccccc12. The van der Waals surface area contributed by atoms with E-state index in [2.05, 4.69) is 15.4 Å². The first kappa shape index (κ1) is 14.8. The molecule has 0 aliphatic heterocycles. The van der Waals surface area contributed by atoms with E-state index < -0.39 is 11.2 Å². The fraction of sp³-hybridized carbons (Fsp3) is 0.200. The average molecular weight is 313 g/mol. The molecule has 0 atom stereocenters. The third-order valence-electron chi connectivity index (χ3n) is 3.46. The molecule has 3 aromatic rings. The van der Waals surface area contributed by atoms with Gasteiger partial charge in [0.15, 0.2) is 0 Å². The Balaban J connectivity index is 1.57. The first-order valence-electron chi connectivity index (χ1n) is 7.11. The molecule has 0 spiro atoms. The summed E-state index contributed by atoms with van der Waals surface area (Å²) in [6.07, 6.45) is 5.07. The molecule has 3 heterocycles. The van der Waals surface area contributed by atoms with Crippen LogP contribution in [0.15, 0.2) is 52.4 Å². The Morgan fingerprint density at radius 2 is 2.09 bits per heavy atom. The summed E-state index contributed by atoms with van der Waals surface area (Å²) in [6, 6.07) is 6.96. The second kappa shape index (κ2) is 6.30. The minimum absolute atomic E-state index is 0.144. The highest BCUT2D eigenvalue weighted by molar-refractivity contribution is 5.76. The highest BCUT2D eigenvalue weighted by Gasteiger charge is 2.06. The molecule has 118 valence electrons. The number of hydrogen-bond donors (Lipinski definition) is 2. The maximum absolute atomic E-state index is 11.9. The average Bonchev–Trinajstić information content (AvgIpc) is 2.95. The number of aromatic nitrogens is 4. The van der Waals surface area contributed by atoms with Crippen molar-refractivity contribution < 1.29 is 4.79 Å². The summed E-state index contributed by atoms with van der Waals surface area (Å²) in [6.45, 7) is 0.572. The van der Waals surface area contributed by atoms with E-state index in [-0.39, 0.29) is 18.9 Å². The lowest BCUT2D eigenvalue weighted by molar-refractivity contribution is -0.121. The summed E-state index contributed by atoms with van der Waals surface area (Å²) in [5.41, 5.74) is 0.876. The van der Waals surface area contributed by atoms with Gasteiger partial charge in [-0.3, -0.25) is 14.6 Å². The van der Waals surface area contributed by atoms with Crippen molar-refractivity contribution in [3.05, 3.63) is 69.3 Å². The Morgan fingerprint density at radius 1 is 1.22 bits per heavy atom. The first-order chi connectivity index (χ1) is 11.1. The zero-order valence-electron chi connectivity index (χ0n) is 12.2. The number of hydrogen-bond acceptors (Lipinski definition) is 4. The van der Waals surface area contributed by atoms with E-state index in [0.29, 0.717) is 6.54 Å². The molecule has 0 bridgehead atoms. The van der Waals surface area contributed by atoms with Crippen molar-refractivity contribution in [1.82, 2.24) is 24.5 Å². The fourth-order valence-electron chi connectivity index (χ4n) is 2.25. The third-order valence-corrected chi connectivity index (χ3v) is 3.46. The Kier molecular flexibility index (Phi) is 4.05. The number of amides is 1. The quantitative estimate of drug-likeness (QED) is 0.686. The molecular weight excluding hydrogens is 298 g/mol. The smallest absolute Gasteiger partial charge is 0.328 e. The molecule has 0 unspecified atom stereocenters. The topological polar surface area (TPSA) is 101 Å². The molecule has 0 aromatic carbocycles. The molecular formula is C15H15N5O3. The minimum Gasteiger partial charge on any atom is -0.352 e. The van der Waals surface area contributed by atoms with Crippen molar-refractivity contribution in [2.75, 3.05) is 0 Å². The van der Waals surface area contributed by atoms with E-state index in [1.54, 1.807) is 10.7 Å². The molecule has 0 fully saturated rings. The van der Waals surface area contributed by atoms with E-state index in [4.69, 9.17) is 0 Å². The number of rotatable bonds is 5. The van der Waals surface area contributed by atoms with Crippen molar-refractivity contribution in [3.8, 4) is 0 Å². The number of carbonyl (C=O) groups is 1. The molecule has 8 nitrogen and oxygen atoms in total. The number of pyridine rings is 1. The molecule has 0 radical (unpaired) electrons. The van der Waals surface area contributed by atoms with E-state index >= 15 is 0 Å². The zero-order chi connectivity index (χ0) is 16.2. The standard InChI is InChI=1S/C15H15N5O3/c21-13(4-7-19-8-5-14(22)18-15(19)23)16-9-11-10-17-20-6-2-1-3-12(11)20/h1-3,5-6,8,10H,4,7,9H2,(H,16,21)(H,18,22,23). The van der Waals surface area contributed by atoms with Crippen molar-refractivity contribution in [3.63, 3.8) is 0 Å². The van der Waals surface area contributed by atoms with E-state index in [1.165, 1.54) is 16.8 Å². The van der Waals surface area contributed by atoms with E-state index in [1.807, 2.05) is 24.4 Å². The van der Waals surface area contributed by atoms with Gasteiger partial charge < -0.3 is 9.88 Å². The van der Waals surface area contributed by atoms with Gasteiger partial charge in [-0.15, -0.1) is 0 Å². The van der Waals surface area contributed by atoms with Crippen LogP contribution in [0.3, 0.4) is 0 Å². The molecule has 8 heteroatoms. The lowest BCUT2D eigenvalue weighted by Gasteiger charge is -2.06. The molecule has 0 saturated carbocycles. The fourth-order valence-corrected chi connectivity index (χ4v) is 2.25. The second-order valence-electron chi connectivity index (χ2n) is 5.03. The molecule has 0 saturated heterocycles. The summed E-state index contributed by atoms with van der Waals surface area (Å²) in [4.78, 5) is 36.5. The molecule has 0 aliphatic carbocycles. The third kappa shape index (κ3) is 3.37. The summed E-state index contributed by atoms with van der Waals surface area (Å²) < 4.78 is 3.03. The summed E-state index contributed by atoms with van der Waals surface area (Å²) in [5.74, 6) is -0.182. The number of H-pyrrole nitrogens is 1. The van der Waals surface area contributed by atoms with Crippen molar-refractivity contribution >= 4 is 11.4 Å². The van der Waals surface area contributed by atoms with Gasteiger partial charge in [-0.1, -0.05) is 6.07 Å². The summed E-state index contributed by atoms with van der Waals surface area (Å²) in [7, 11) is 0. The zero-order valence-corrected chi connectivity index (χ0v) is 12.2. The van der Waals surface area contributed by atoms with Crippen LogP contribution >= 0.6 is 0 Å². The molecule has 3 rings (SSSR count). The maximum atomic E-state index is 11.9. The van der Waals surface area contributed by atoms with Gasteiger partial charge >= 0.3 is 5.69 Å². The maximum Gasteiger partial charge on any atom is 0.328 e. The van der Waals surface area contributed by atoms with Gasteiger partial charge in [0.25, 0.3) is 5.56 Å². The van der Waals surface area contributed by atoms with Gasteiger partial charge in [0, 0.05) is 43.5 Å². The van der Waals surface area contributed by atoms with Gasteiger partial charge in [-0.2, -0.15) is 5.10 Å². The molecule has 1 amide bonds. The van der Waals surface area contributed by atoms with Crippen LogP contribution in [0, 0.1) is 0 Å². The monoisotopic (exact) mass is 313 g/mol. The Labute approximate surface area is 130 Å². The Hall–Kier alpha value is -3.16. The van der Waals surface area contributed by atoms with Crippen molar-refractivity contribution in [1.29, 1.82) is 0 Å². The van der Waals surface area contributed by atoms with Gasteiger partial charge in [-0.05, 0) is 12.1 Å². The number of aryl methyl sites for hydroxylation is 1. The lowest BCUT2D eigenvalue weighted by Crippen LogP contribution is -2.31. The normalized spacial score (nSPS) is 10.8. The predicted molar refractivity (Wildman–Crippen MR) is 83.0 cm³/mol. The van der Waals surface area contributed by atoms with Crippen LogP contribution in [0.2, 0.25) is 0 Å². The van der Waals surface area contributed by atoms with Crippen LogP contribution in [-0.2, 0) is 17.9 Å². The number of carbonyl (C=O) groups excluding carboxylic acids is 1. The highest BCUT2D eigenvalue weighted by atomic mass is 16.2. The minimum atomic E-state index is -0.520.